The van der Waals surface area contributed by atoms with E-state index in [0.29, 0.717) is 19.8 Å². The molecule has 2 unspecified atom stereocenters. The average molecular weight is 453 g/mol. The van der Waals surface area contributed by atoms with E-state index in [4.69, 9.17) is 9.47 Å². The molecule has 0 N–H and O–H groups in total. The summed E-state index contributed by atoms with van der Waals surface area (Å²) in [7, 11) is 0. The molecule has 172 valence electrons. The van der Waals surface area contributed by atoms with Crippen LogP contribution >= 0.6 is 0 Å². The van der Waals surface area contributed by atoms with Gasteiger partial charge in [-0.2, -0.15) is 0 Å². The van der Waals surface area contributed by atoms with E-state index < -0.39 is 0 Å². The molecule has 1 aromatic heterocycles. The molecular formula is C29H28N2O3. The van der Waals surface area contributed by atoms with Gasteiger partial charge in [0.05, 0.1) is 25.3 Å². The highest BCUT2D eigenvalue weighted by Crippen LogP contribution is 2.44. The highest BCUT2D eigenvalue weighted by Gasteiger charge is 2.39. The second kappa shape index (κ2) is 8.73. The van der Waals surface area contributed by atoms with E-state index in [0.717, 1.165) is 24.2 Å². The molecule has 3 heterocycles. The molecule has 2 aliphatic heterocycles. The van der Waals surface area contributed by atoms with Crippen LogP contribution in [0, 0.1) is 6.92 Å². The number of amides is 1. The number of aryl methyl sites for hydroxylation is 1. The Morgan fingerprint density at radius 2 is 1.74 bits per heavy atom. The van der Waals surface area contributed by atoms with Crippen molar-refractivity contribution in [2.24, 2.45) is 0 Å². The molecule has 1 fully saturated rings. The van der Waals surface area contributed by atoms with Gasteiger partial charge in [-0.3, -0.25) is 9.88 Å². The Labute approximate surface area is 200 Å². The number of hydrogen-bond acceptors (Lipinski definition) is 4. The summed E-state index contributed by atoms with van der Waals surface area (Å²) in [6.45, 7) is 3.40. The van der Waals surface area contributed by atoms with Gasteiger partial charge in [0.25, 0.3) is 0 Å². The van der Waals surface area contributed by atoms with Gasteiger partial charge >= 0.3 is 6.09 Å². The lowest BCUT2D eigenvalue weighted by Gasteiger charge is -2.44. The standard InChI is InChI=1S/C29H28N2O3/c1-19-7-6-8-21(30-19)13-20-14-22-16-33-17-23(15-20)31(22)29(32)34-18-28-26-11-4-2-9-24(26)25-10-3-5-12-27(25)28/h2-12,14,22-23,28H,13,15-18H2,1H3. The third-order valence-electron chi connectivity index (χ3n) is 7.18. The minimum Gasteiger partial charge on any atom is -0.448 e. The Balaban J connectivity index is 1.18. The molecular weight excluding hydrogens is 424 g/mol. The van der Waals surface area contributed by atoms with Gasteiger partial charge in [-0.25, -0.2) is 4.79 Å². The Bertz CT molecular complexity index is 1220. The third-order valence-corrected chi connectivity index (χ3v) is 7.18. The molecule has 34 heavy (non-hydrogen) atoms. The van der Waals surface area contributed by atoms with Crippen LogP contribution in [0.1, 0.15) is 34.9 Å². The third kappa shape index (κ3) is 3.80. The van der Waals surface area contributed by atoms with E-state index in [9.17, 15) is 4.79 Å². The lowest BCUT2D eigenvalue weighted by atomic mass is 9.91. The maximum Gasteiger partial charge on any atom is 0.410 e. The number of ether oxygens (including phenoxy) is 2. The minimum absolute atomic E-state index is 0.000732. The van der Waals surface area contributed by atoms with E-state index in [1.165, 1.54) is 27.8 Å². The van der Waals surface area contributed by atoms with Gasteiger partial charge in [-0.1, -0.05) is 66.2 Å². The van der Waals surface area contributed by atoms with Crippen molar-refractivity contribution in [3.05, 3.63) is 101 Å². The highest BCUT2D eigenvalue weighted by molar-refractivity contribution is 5.79. The molecule has 3 aliphatic rings. The summed E-state index contributed by atoms with van der Waals surface area (Å²) in [5, 5.41) is 0. The predicted molar refractivity (Wildman–Crippen MR) is 131 cm³/mol. The van der Waals surface area contributed by atoms with Crippen LogP contribution in [0.3, 0.4) is 0 Å². The smallest absolute Gasteiger partial charge is 0.410 e. The molecule has 5 heteroatoms. The van der Waals surface area contributed by atoms with Crippen LogP contribution in [0.15, 0.2) is 78.4 Å². The topological polar surface area (TPSA) is 51.7 Å². The molecule has 1 aliphatic carbocycles. The SMILES string of the molecule is Cc1cccc(CC2=CC3COCC(C2)N3C(=O)OCC2c3ccccc3-c3ccccc32)n1. The summed E-state index contributed by atoms with van der Waals surface area (Å²) in [6, 6.07) is 22.9. The number of aromatic nitrogens is 1. The monoisotopic (exact) mass is 452 g/mol. The molecule has 1 saturated heterocycles. The van der Waals surface area contributed by atoms with Crippen molar-refractivity contribution >= 4 is 6.09 Å². The number of morpholine rings is 1. The first kappa shape index (κ1) is 21.1. The summed E-state index contributed by atoms with van der Waals surface area (Å²) < 4.78 is 11.8. The van der Waals surface area contributed by atoms with Crippen LogP contribution < -0.4 is 0 Å². The first-order valence-electron chi connectivity index (χ1n) is 12.0. The van der Waals surface area contributed by atoms with Crippen LogP contribution in [0.2, 0.25) is 0 Å². The fourth-order valence-corrected chi connectivity index (χ4v) is 5.70. The molecule has 2 atom stereocenters. The number of carbonyl (C=O) groups excluding carboxylic acids is 1. The molecule has 0 saturated carbocycles. The molecule has 6 rings (SSSR count). The molecule has 5 nitrogen and oxygen atoms in total. The lowest BCUT2D eigenvalue weighted by molar-refractivity contribution is -0.0364. The van der Waals surface area contributed by atoms with E-state index in [1.54, 1.807) is 0 Å². The maximum atomic E-state index is 13.3. The average Bonchev–Trinajstić information content (AvgIpc) is 3.16. The van der Waals surface area contributed by atoms with Crippen molar-refractivity contribution in [2.75, 3.05) is 19.8 Å². The number of fused-ring (bicyclic) bond motifs is 5. The number of carbonyl (C=O) groups is 1. The first-order chi connectivity index (χ1) is 16.7. The van der Waals surface area contributed by atoms with E-state index >= 15 is 0 Å². The summed E-state index contributed by atoms with van der Waals surface area (Å²) in [4.78, 5) is 19.8. The zero-order chi connectivity index (χ0) is 23.1. The Hall–Kier alpha value is -3.44. The van der Waals surface area contributed by atoms with Gasteiger partial charge in [0.2, 0.25) is 0 Å². The Kier molecular flexibility index (Phi) is 5.42. The molecule has 0 radical (unpaired) electrons. The summed E-state index contributed by atoms with van der Waals surface area (Å²) in [5.41, 5.74) is 8.34. The largest absolute Gasteiger partial charge is 0.448 e. The second-order valence-corrected chi connectivity index (χ2v) is 9.45. The van der Waals surface area contributed by atoms with Gasteiger partial charge in [-0.15, -0.1) is 0 Å². The molecule has 0 spiro atoms. The van der Waals surface area contributed by atoms with Gasteiger partial charge in [0.1, 0.15) is 6.61 Å². The van der Waals surface area contributed by atoms with Crippen molar-refractivity contribution in [3.8, 4) is 11.1 Å². The fraction of sp³-hybridized carbons (Fsp3) is 0.310. The number of nitrogens with zero attached hydrogens (tertiary/aromatic N) is 2. The van der Waals surface area contributed by atoms with Gasteiger partial charge in [0.15, 0.2) is 0 Å². The summed E-state index contributed by atoms with van der Waals surface area (Å²) in [6.07, 6.45) is 3.54. The molecule has 1 amide bonds. The normalized spacial score (nSPS) is 21.0. The van der Waals surface area contributed by atoms with E-state index in [1.807, 2.05) is 24.0 Å². The van der Waals surface area contributed by atoms with Crippen LogP contribution in [0.25, 0.3) is 11.1 Å². The van der Waals surface area contributed by atoms with Crippen molar-refractivity contribution in [1.82, 2.24) is 9.88 Å². The van der Waals surface area contributed by atoms with E-state index in [2.05, 4.69) is 65.7 Å². The number of rotatable bonds is 4. The summed E-state index contributed by atoms with van der Waals surface area (Å²) in [5.74, 6) is 0.0655. The highest BCUT2D eigenvalue weighted by atomic mass is 16.6. The van der Waals surface area contributed by atoms with Crippen molar-refractivity contribution in [2.45, 2.75) is 37.8 Å². The first-order valence-corrected chi connectivity index (χ1v) is 12.0. The molecule has 2 aromatic carbocycles. The minimum atomic E-state index is -0.246. The predicted octanol–water partition coefficient (Wildman–Crippen LogP) is 5.28. The lowest BCUT2D eigenvalue weighted by Crippen LogP contribution is -2.56. The quantitative estimate of drug-likeness (QED) is 0.506. The maximum absolute atomic E-state index is 13.3. The van der Waals surface area contributed by atoms with Crippen molar-refractivity contribution < 1.29 is 14.3 Å². The Morgan fingerprint density at radius 3 is 2.44 bits per heavy atom. The van der Waals surface area contributed by atoms with Crippen molar-refractivity contribution in [1.29, 1.82) is 0 Å². The number of pyridine rings is 1. The van der Waals surface area contributed by atoms with Gasteiger partial charge < -0.3 is 9.47 Å². The number of hydrogen-bond donors (Lipinski definition) is 0. The van der Waals surface area contributed by atoms with Crippen LogP contribution in [-0.2, 0) is 15.9 Å². The Morgan fingerprint density at radius 1 is 1.00 bits per heavy atom. The summed E-state index contributed by atoms with van der Waals surface area (Å²) >= 11 is 0. The van der Waals surface area contributed by atoms with E-state index in [-0.39, 0.29) is 24.1 Å². The van der Waals surface area contributed by atoms with Gasteiger partial charge in [0, 0.05) is 23.7 Å². The zero-order valence-corrected chi connectivity index (χ0v) is 19.3. The van der Waals surface area contributed by atoms with Gasteiger partial charge in [-0.05, 0) is 47.7 Å². The van der Waals surface area contributed by atoms with Crippen molar-refractivity contribution in [3.63, 3.8) is 0 Å². The number of benzene rings is 2. The second-order valence-electron chi connectivity index (χ2n) is 9.45. The zero-order valence-electron chi connectivity index (χ0n) is 19.3. The van der Waals surface area contributed by atoms with Crippen LogP contribution in [-0.4, -0.2) is 47.9 Å². The fourth-order valence-electron chi connectivity index (χ4n) is 5.70. The van der Waals surface area contributed by atoms with Crippen LogP contribution in [0.4, 0.5) is 4.79 Å². The molecule has 2 bridgehead atoms. The van der Waals surface area contributed by atoms with Crippen LogP contribution in [0.5, 0.6) is 0 Å². The molecule has 3 aromatic rings.